The van der Waals surface area contributed by atoms with Crippen molar-refractivity contribution in [2.45, 2.75) is 18.9 Å². The van der Waals surface area contributed by atoms with Crippen molar-refractivity contribution in [3.8, 4) is 5.75 Å². The average molecular weight is 268 g/mol. The summed E-state index contributed by atoms with van der Waals surface area (Å²) in [6, 6.07) is 14.9. The molecular formula is C16H16N2O2. The Morgan fingerprint density at radius 3 is 2.80 bits per heavy atom. The van der Waals surface area contributed by atoms with Crippen molar-refractivity contribution in [2.24, 2.45) is 0 Å². The van der Waals surface area contributed by atoms with Gasteiger partial charge >= 0.3 is 6.09 Å². The fraction of sp³-hybridized carbons (Fsp3) is 0.188. The fourth-order valence-corrected chi connectivity index (χ4v) is 2.55. The van der Waals surface area contributed by atoms with Gasteiger partial charge in [-0.3, -0.25) is 0 Å². The summed E-state index contributed by atoms with van der Waals surface area (Å²) in [6.45, 7) is 0. The molecule has 1 unspecified atom stereocenters. The van der Waals surface area contributed by atoms with Crippen molar-refractivity contribution in [1.29, 1.82) is 0 Å². The van der Waals surface area contributed by atoms with E-state index < -0.39 is 6.09 Å². The largest absolute Gasteiger partial charge is 0.413 e. The summed E-state index contributed by atoms with van der Waals surface area (Å²) in [6.07, 6.45) is 1.38. The number of aryl methyl sites for hydroxylation is 1. The Labute approximate surface area is 117 Å². The number of carbonyl (C=O) groups excluding carboxylic acids is 1. The normalized spacial score (nSPS) is 16.5. The predicted molar refractivity (Wildman–Crippen MR) is 77.5 cm³/mol. The van der Waals surface area contributed by atoms with Gasteiger partial charge in [-0.2, -0.15) is 0 Å². The van der Waals surface area contributed by atoms with Crippen molar-refractivity contribution in [1.82, 2.24) is 5.32 Å². The summed E-state index contributed by atoms with van der Waals surface area (Å²) >= 11 is 0. The van der Waals surface area contributed by atoms with E-state index in [1.807, 2.05) is 36.4 Å². The lowest BCUT2D eigenvalue weighted by Crippen LogP contribution is -2.29. The molecule has 2 aromatic rings. The summed E-state index contributed by atoms with van der Waals surface area (Å²) in [5, 5.41) is 2.90. The SMILES string of the molecule is Nc1ccc2c(c1)CCC2NC(=O)Oc1ccccc1. The van der Waals surface area contributed by atoms with Gasteiger partial charge in [0.2, 0.25) is 0 Å². The molecule has 0 bridgehead atoms. The summed E-state index contributed by atoms with van der Waals surface area (Å²) in [5.74, 6) is 0.542. The number of nitrogens with two attached hydrogens (primary N) is 1. The zero-order valence-electron chi connectivity index (χ0n) is 11.0. The van der Waals surface area contributed by atoms with E-state index in [2.05, 4.69) is 5.32 Å². The van der Waals surface area contributed by atoms with Gasteiger partial charge in [-0.15, -0.1) is 0 Å². The highest BCUT2D eigenvalue weighted by molar-refractivity contribution is 5.71. The Kier molecular flexibility index (Phi) is 3.29. The van der Waals surface area contributed by atoms with Crippen LogP contribution >= 0.6 is 0 Å². The van der Waals surface area contributed by atoms with Crippen molar-refractivity contribution in [3.63, 3.8) is 0 Å². The van der Waals surface area contributed by atoms with Crippen LogP contribution in [-0.4, -0.2) is 6.09 Å². The zero-order valence-corrected chi connectivity index (χ0v) is 11.0. The number of rotatable bonds is 2. The third-order valence-electron chi connectivity index (χ3n) is 3.49. The standard InChI is InChI=1S/C16H16N2O2/c17-12-7-8-14-11(10-12)6-9-15(14)18-16(19)20-13-4-2-1-3-5-13/h1-5,7-8,10,15H,6,9,17H2,(H,18,19). The number of nitrogen functional groups attached to an aromatic ring is 1. The second-order valence-electron chi connectivity index (χ2n) is 4.90. The van der Waals surface area contributed by atoms with Gasteiger partial charge in [-0.05, 0) is 48.2 Å². The highest BCUT2D eigenvalue weighted by atomic mass is 16.6. The van der Waals surface area contributed by atoms with E-state index in [0.717, 1.165) is 24.1 Å². The Morgan fingerprint density at radius 1 is 1.20 bits per heavy atom. The Bertz CT molecular complexity index is 626. The smallest absolute Gasteiger partial charge is 0.410 e. The second kappa shape index (κ2) is 5.25. The average Bonchev–Trinajstić information content (AvgIpc) is 2.82. The molecule has 3 N–H and O–H groups in total. The topological polar surface area (TPSA) is 64.3 Å². The van der Waals surface area contributed by atoms with E-state index in [4.69, 9.17) is 10.5 Å². The molecule has 0 fully saturated rings. The number of hydrogen-bond acceptors (Lipinski definition) is 3. The number of nitrogens with one attached hydrogen (secondary N) is 1. The summed E-state index contributed by atoms with van der Waals surface area (Å²) in [7, 11) is 0. The summed E-state index contributed by atoms with van der Waals surface area (Å²) in [4.78, 5) is 11.9. The number of amides is 1. The van der Waals surface area contributed by atoms with Gasteiger partial charge in [-0.1, -0.05) is 24.3 Å². The molecule has 0 spiro atoms. The molecule has 0 saturated heterocycles. The molecule has 2 aromatic carbocycles. The molecule has 3 rings (SSSR count). The van der Waals surface area contributed by atoms with Crippen LogP contribution in [-0.2, 0) is 6.42 Å². The predicted octanol–water partition coefficient (Wildman–Crippen LogP) is 3.04. The minimum atomic E-state index is -0.425. The number of fused-ring (bicyclic) bond motifs is 1. The molecule has 20 heavy (non-hydrogen) atoms. The van der Waals surface area contributed by atoms with E-state index >= 15 is 0 Å². The quantitative estimate of drug-likeness (QED) is 0.823. The van der Waals surface area contributed by atoms with Crippen molar-refractivity contribution < 1.29 is 9.53 Å². The van der Waals surface area contributed by atoms with Crippen LogP contribution in [0.15, 0.2) is 48.5 Å². The van der Waals surface area contributed by atoms with Gasteiger partial charge in [-0.25, -0.2) is 4.79 Å². The number of hydrogen-bond donors (Lipinski definition) is 2. The van der Waals surface area contributed by atoms with Crippen LogP contribution in [0, 0.1) is 0 Å². The minimum Gasteiger partial charge on any atom is -0.410 e. The lowest BCUT2D eigenvalue weighted by atomic mass is 10.1. The Hall–Kier alpha value is -2.49. The molecule has 0 heterocycles. The second-order valence-corrected chi connectivity index (χ2v) is 4.90. The molecule has 0 aromatic heterocycles. The molecule has 4 nitrogen and oxygen atoms in total. The van der Waals surface area contributed by atoms with E-state index in [9.17, 15) is 4.79 Å². The van der Waals surface area contributed by atoms with Crippen molar-refractivity contribution >= 4 is 11.8 Å². The zero-order chi connectivity index (χ0) is 13.9. The monoisotopic (exact) mass is 268 g/mol. The maximum absolute atomic E-state index is 11.9. The van der Waals surface area contributed by atoms with Crippen LogP contribution in [0.5, 0.6) is 5.75 Å². The van der Waals surface area contributed by atoms with E-state index in [0.29, 0.717) is 5.75 Å². The summed E-state index contributed by atoms with van der Waals surface area (Å²) < 4.78 is 5.24. The Morgan fingerprint density at radius 2 is 2.00 bits per heavy atom. The van der Waals surface area contributed by atoms with Gasteiger partial charge in [0, 0.05) is 5.69 Å². The van der Waals surface area contributed by atoms with Crippen LogP contribution in [0.3, 0.4) is 0 Å². The number of para-hydroxylation sites is 1. The van der Waals surface area contributed by atoms with Crippen molar-refractivity contribution in [3.05, 3.63) is 59.7 Å². The van der Waals surface area contributed by atoms with Gasteiger partial charge in [0.05, 0.1) is 6.04 Å². The molecular weight excluding hydrogens is 252 g/mol. The third-order valence-corrected chi connectivity index (χ3v) is 3.49. The number of anilines is 1. The van der Waals surface area contributed by atoms with Crippen LogP contribution in [0.2, 0.25) is 0 Å². The molecule has 0 aliphatic heterocycles. The lowest BCUT2D eigenvalue weighted by Gasteiger charge is -2.14. The molecule has 1 atom stereocenters. The molecule has 1 aliphatic rings. The molecule has 0 radical (unpaired) electrons. The van der Waals surface area contributed by atoms with E-state index in [1.165, 1.54) is 5.56 Å². The number of carbonyl (C=O) groups is 1. The van der Waals surface area contributed by atoms with Crippen LogP contribution in [0.25, 0.3) is 0 Å². The highest BCUT2D eigenvalue weighted by Gasteiger charge is 2.24. The maximum atomic E-state index is 11.9. The molecule has 0 saturated carbocycles. The maximum Gasteiger partial charge on any atom is 0.413 e. The first-order chi connectivity index (χ1) is 9.72. The molecule has 4 heteroatoms. The van der Waals surface area contributed by atoms with Gasteiger partial charge in [0.15, 0.2) is 0 Å². The first-order valence-electron chi connectivity index (χ1n) is 6.64. The first-order valence-corrected chi connectivity index (χ1v) is 6.64. The van der Waals surface area contributed by atoms with Crippen LogP contribution < -0.4 is 15.8 Å². The van der Waals surface area contributed by atoms with Crippen molar-refractivity contribution in [2.75, 3.05) is 5.73 Å². The van der Waals surface area contributed by atoms with Gasteiger partial charge in [0.25, 0.3) is 0 Å². The molecule has 102 valence electrons. The fourth-order valence-electron chi connectivity index (χ4n) is 2.55. The lowest BCUT2D eigenvalue weighted by molar-refractivity contribution is 0.196. The molecule has 1 amide bonds. The third kappa shape index (κ3) is 2.59. The van der Waals surface area contributed by atoms with Crippen LogP contribution in [0.4, 0.5) is 10.5 Å². The van der Waals surface area contributed by atoms with E-state index in [-0.39, 0.29) is 6.04 Å². The first kappa shape index (κ1) is 12.5. The van der Waals surface area contributed by atoms with Crippen LogP contribution in [0.1, 0.15) is 23.6 Å². The number of ether oxygens (including phenoxy) is 1. The number of benzene rings is 2. The Balaban J connectivity index is 1.67. The summed E-state index contributed by atoms with van der Waals surface area (Å²) in [5.41, 5.74) is 8.86. The highest BCUT2D eigenvalue weighted by Crippen LogP contribution is 2.32. The minimum absolute atomic E-state index is 0.00168. The van der Waals surface area contributed by atoms with Gasteiger partial charge < -0.3 is 15.8 Å². The molecule has 1 aliphatic carbocycles. The van der Waals surface area contributed by atoms with Gasteiger partial charge in [0.1, 0.15) is 5.75 Å². The van der Waals surface area contributed by atoms with E-state index in [1.54, 1.807) is 12.1 Å².